The number of halogens is 2. The lowest BCUT2D eigenvalue weighted by Gasteiger charge is -2.17. The average Bonchev–Trinajstić information content (AvgIpc) is 2.67. The largest absolute Gasteiger partial charge is 0.591 e. The fraction of sp³-hybridized carbons (Fsp3) is 0.308. The van der Waals surface area contributed by atoms with Crippen LogP contribution in [0.4, 0.5) is 8.78 Å². The molecule has 1 unspecified atom stereocenters. The third-order valence-electron chi connectivity index (χ3n) is 2.35. The summed E-state index contributed by atoms with van der Waals surface area (Å²) in [6, 6.07) is 3.37. The van der Waals surface area contributed by atoms with E-state index < -0.39 is 27.7 Å². The molecule has 0 amide bonds. The van der Waals surface area contributed by atoms with Gasteiger partial charge >= 0.3 is 0 Å². The van der Waals surface area contributed by atoms with E-state index >= 15 is 0 Å². The van der Waals surface area contributed by atoms with Crippen LogP contribution < -0.4 is 0 Å². The van der Waals surface area contributed by atoms with Gasteiger partial charge in [-0.15, -0.1) is 0 Å². The van der Waals surface area contributed by atoms with E-state index in [9.17, 15) is 13.3 Å². The summed E-state index contributed by atoms with van der Waals surface area (Å²) < 4.78 is 46.7. The molecule has 2 aromatic rings. The van der Waals surface area contributed by atoms with Gasteiger partial charge in [-0.25, -0.2) is 8.78 Å². The second kappa shape index (κ2) is 4.94. The van der Waals surface area contributed by atoms with Crippen molar-refractivity contribution in [2.75, 3.05) is 0 Å². The first-order valence-corrected chi connectivity index (χ1v) is 6.73. The first-order chi connectivity index (χ1) is 8.77. The number of rotatable bonds is 2. The van der Waals surface area contributed by atoms with Gasteiger partial charge in [0.05, 0.1) is 0 Å². The molecule has 1 aromatic carbocycles. The van der Waals surface area contributed by atoms with Crippen molar-refractivity contribution in [1.82, 2.24) is 0 Å². The number of hydrogen-bond donors (Lipinski definition) is 0. The zero-order valence-electron chi connectivity index (χ0n) is 10.7. The van der Waals surface area contributed by atoms with Gasteiger partial charge in [0.25, 0.3) is 0 Å². The SMILES string of the molecule is CC(C)(C)[S+]([O-])/N=C/c1cc2cc(F)cc(F)c2o1. The molecule has 6 heteroatoms. The average molecular weight is 285 g/mol. The second-order valence-electron chi connectivity index (χ2n) is 5.05. The molecular formula is C13H13F2NO2S. The molecule has 0 N–H and O–H groups in total. The van der Waals surface area contributed by atoms with Crippen molar-refractivity contribution < 1.29 is 17.8 Å². The van der Waals surface area contributed by atoms with Crippen LogP contribution in [0.5, 0.6) is 0 Å². The van der Waals surface area contributed by atoms with E-state index in [4.69, 9.17) is 4.42 Å². The lowest BCUT2D eigenvalue weighted by atomic mass is 10.2. The highest BCUT2D eigenvalue weighted by Gasteiger charge is 2.26. The van der Waals surface area contributed by atoms with Crippen molar-refractivity contribution in [3.8, 4) is 0 Å². The summed E-state index contributed by atoms with van der Waals surface area (Å²) in [5.74, 6) is -1.21. The Morgan fingerprint density at radius 3 is 2.58 bits per heavy atom. The number of fused-ring (bicyclic) bond motifs is 1. The molecule has 19 heavy (non-hydrogen) atoms. The molecule has 0 saturated heterocycles. The maximum atomic E-state index is 13.4. The number of nitrogens with zero attached hydrogens (tertiary/aromatic N) is 1. The lowest BCUT2D eigenvalue weighted by Crippen LogP contribution is -2.25. The quantitative estimate of drug-likeness (QED) is 0.625. The minimum absolute atomic E-state index is 0.0376. The van der Waals surface area contributed by atoms with Crippen LogP contribution in [-0.2, 0) is 11.4 Å². The molecule has 0 aliphatic carbocycles. The summed E-state index contributed by atoms with van der Waals surface area (Å²) >= 11 is -1.43. The van der Waals surface area contributed by atoms with Crippen molar-refractivity contribution in [3.05, 3.63) is 35.6 Å². The predicted molar refractivity (Wildman–Crippen MR) is 71.6 cm³/mol. The maximum Gasteiger partial charge on any atom is 0.170 e. The van der Waals surface area contributed by atoms with Crippen LogP contribution in [0.1, 0.15) is 26.5 Å². The summed E-state index contributed by atoms with van der Waals surface area (Å²) in [6.07, 6.45) is 1.26. The maximum absolute atomic E-state index is 13.4. The van der Waals surface area contributed by atoms with E-state index in [1.165, 1.54) is 18.3 Å². The van der Waals surface area contributed by atoms with Crippen LogP contribution in [0.3, 0.4) is 0 Å². The molecule has 2 rings (SSSR count). The van der Waals surface area contributed by atoms with Crippen LogP contribution in [0.2, 0.25) is 0 Å². The Bertz CT molecular complexity index is 631. The zero-order chi connectivity index (χ0) is 14.2. The number of hydrogen-bond acceptors (Lipinski definition) is 3. The molecule has 0 saturated carbocycles. The molecule has 0 aliphatic heterocycles. The number of benzene rings is 1. The van der Waals surface area contributed by atoms with E-state index in [1.807, 2.05) is 0 Å². The highest BCUT2D eigenvalue weighted by atomic mass is 32.2. The summed E-state index contributed by atoms with van der Waals surface area (Å²) in [6.45, 7) is 5.36. The van der Waals surface area contributed by atoms with Gasteiger partial charge in [-0.05, 0) is 32.9 Å². The van der Waals surface area contributed by atoms with Gasteiger partial charge in [0, 0.05) is 11.5 Å². The first kappa shape index (κ1) is 14.0. The summed E-state index contributed by atoms with van der Waals surface area (Å²) in [7, 11) is 0. The minimum Gasteiger partial charge on any atom is -0.591 e. The van der Waals surface area contributed by atoms with Crippen molar-refractivity contribution in [2.24, 2.45) is 4.40 Å². The lowest BCUT2D eigenvalue weighted by molar-refractivity contribution is 0.543. The molecule has 102 valence electrons. The molecule has 0 fully saturated rings. The normalized spacial score (nSPS) is 14.4. The van der Waals surface area contributed by atoms with Crippen molar-refractivity contribution in [2.45, 2.75) is 25.5 Å². The Morgan fingerprint density at radius 2 is 1.95 bits per heavy atom. The Kier molecular flexibility index (Phi) is 3.64. The van der Waals surface area contributed by atoms with Crippen LogP contribution >= 0.6 is 0 Å². The van der Waals surface area contributed by atoms with E-state index in [-0.39, 0.29) is 11.3 Å². The molecule has 0 bridgehead atoms. The van der Waals surface area contributed by atoms with Gasteiger partial charge in [-0.3, -0.25) is 0 Å². The Labute approximate surface area is 112 Å². The van der Waals surface area contributed by atoms with Gasteiger partial charge in [0.15, 0.2) is 17.2 Å². The van der Waals surface area contributed by atoms with E-state index in [0.717, 1.165) is 6.07 Å². The standard InChI is InChI=1S/C13H13F2NO2S/c1-13(2,3)19(17)16-7-10-5-8-4-9(14)6-11(15)12(8)18-10/h4-7H,1-3H3/b16-7+. The number of furan rings is 1. The molecule has 1 atom stereocenters. The summed E-state index contributed by atoms with van der Waals surface area (Å²) in [5, 5.41) is 0.306. The Morgan fingerprint density at radius 1 is 1.26 bits per heavy atom. The molecular weight excluding hydrogens is 272 g/mol. The van der Waals surface area contributed by atoms with Crippen LogP contribution in [0.15, 0.2) is 27.0 Å². The van der Waals surface area contributed by atoms with E-state index in [1.54, 1.807) is 20.8 Å². The van der Waals surface area contributed by atoms with Crippen molar-refractivity contribution in [1.29, 1.82) is 0 Å². The summed E-state index contributed by atoms with van der Waals surface area (Å²) in [4.78, 5) is 0. The molecule has 0 radical (unpaired) electrons. The van der Waals surface area contributed by atoms with E-state index in [2.05, 4.69) is 4.40 Å². The van der Waals surface area contributed by atoms with Crippen LogP contribution in [-0.4, -0.2) is 15.5 Å². The fourth-order valence-corrected chi connectivity index (χ4v) is 1.93. The van der Waals surface area contributed by atoms with Gasteiger partial charge in [-0.1, -0.05) is 4.40 Å². The molecule has 1 aromatic heterocycles. The van der Waals surface area contributed by atoms with E-state index in [0.29, 0.717) is 5.39 Å². The van der Waals surface area contributed by atoms with Crippen molar-refractivity contribution in [3.63, 3.8) is 0 Å². The van der Waals surface area contributed by atoms with Crippen LogP contribution in [0.25, 0.3) is 11.0 Å². The summed E-state index contributed by atoms with van der Waals surface area (Å²) in [5.41, 5.74) is -0.0376. The minimum atomic E-state index is -1.43. The monoisotopic (exact) mass is 285 g/mol. The fourth-order valence-electron chi connectivity index (χ4n) is 1.42. The van der Waals surface area contributed by atoms with Gasteiger partial charge in [0.1, 0.15) is 28.1 Å². The van der Waals surface area contributed by atoms with Gasteiger partial charge < -0.3 is 8.97 Å². The Hall–Kier alpha value is -1.40. The third kappa shape index (κ3) is 3.13. The molecule has 0 spiro atoms. The topological polar surface area (TPSA) is 48.6 Å². The molecule has 3 nitrogen and oxygen atoms in total. The highest BCUT2D eigenvalue weighted by molar-refractivity contribution is 7.91. The second-order valence-corrected chi connectivity index (χ2v) is 6.98. The highest BCUT2D eigenvalue weighted by Crippen LogP contribution is 2.23. The van der Waals surface area contributed by atoms with Crippen LogP contribution in [0, 0.1) is 11.6 Å². The smallest absolute Gasteiger partial charge is 0.170 e. The molecule has 0 aliphatic rings. The molecule has 1 heterocycles. The third-order valence-corrected chi connectivity index (χ3v) is 3.70. The van der Waals surface area contributed by atoms with Crippen molar-refractivity contribution >= 4 is 28.5 Å². The van der Waals surface area contributed by atoms with Gasteiger partial charge in [-0.2, -0.15) is 0 Å². The predicted octanol–water partition coefficient (Wildman–Crippen LogP) is 3.59. The zero-order valence-corrected chi connectivity index (χ0v) is 11.6. The first-order valence-electron chi connectivity index (χ1n) is 5.62. The van der Waals surface area contributed by atoms with Gasteiger partial charge in [0.2, 0.25) is 0 Å². The Balaban J connectivity index is 2.32.